The third kappa shape index (κ3) is 4.82. The minimum Gasteiger partial charge on any atom is -0.374 e. The Morgan fingerprint density at radius 2 is 2.18 bits per heavy atom. The molecule has 2 N–H and O–H groups in total. The molecule has 0 aromatic carbocycles. The van der Waals surface area contributed by atoms with Crippen LogP contribution in [0.4, 0.5) is 0 Å². The molecule has 1 aliphatic rings. The van der Waals surface area contributed by atoms with Gasteiger partial charge in [0.05, 0.1) is 12.7 Å². The van der Waals surface area contributed by atoms with Gasteiger partial charge in [0.25, 0.3) is 0 Å². The van der Waals surface area contributed by atoms with Crippen LogP contribution in [0.1, 0.15) is 0 Å². The number of nitrogens with zero attached hydrogens (tertiary/aromatic N) is 1. The summed E-state index contributed by atoms with van der Waals surface area (Å²) in [6, 6.07) is 0. The lowest BCUT2D eigenvalue weighted by Gasteiger charge is -2.28. The molecule has 0 unspecified atom stereocenters. The van der Waals surface area contributed by atoms with E-state index in [1.807, 2.05) is 0 Å². The van der Waals surface area contributed by atoms with Crippen LogP contribution in [0.3, 0.4) is 0 Å². The van der Waals surface area contributed by atoms with Gasteiger partial charge in [0, 0.05) is 19.6 Å². The molecule has 3 nitrogen and oxygen atoms in total. The Morgan fingerprint density at radius 1 is 1.55 bits per heavy atom. The molecule has 11 heavy (non-hydrogen) atoms. The van der Waals surface area contributed by atoms with E-state index in [0.717, 1.165) is 19.7 Å². The second kappa shape index (κ2) is 7.13. The number of hydrogen-bond donors (Lipinski definition) is 1. The van der Waals surface area contributed by atoms with Gasteiger partial charge in [-0.05, 0) is 7.05 Å². The van der Waals surface area contributed by atoms with Crippen LogP contribution < -0.4 is 5.73 Å². The predicted molar refractivity (Wildman–Crippen MR) is 50.8 cm³/mol. The van der Waals surface area contributed by atoms with Crippen molar-refractivity contribution >= 4 is 24.8 Å². The van der Waals surface area contributed by atoms with E-state index in [2.05, 4.69) is 11.9 Å². The first-order valence-corrected chi connectivity index (χ1v) is 3.33. The topological polar surface area (TPSA) is 38.5 Å². The van der Waals surface area contributed by atoms with Gasteiger partial charge in [-0.2, -0.15) is 0 Å². The molecule has 0 bridgehead atoms. The SMILES string of the molecule is CN1CCO[C@@H](CN)C1.Cl.Cl. The maximum absolute atomic E-state index is 5.41. The second-order valence-corrected chi connectivity index (χ2v) is 2.49. The maximum atomic E-state index is 5.41. The van der Waals surface area contributed by atoms with Crippen LogP contribution in [0.15, 0.2) is 0 Å². The highest BCUT2D eigenvalue weighted by molar-refractivity contribution is 5.85. The number of likely N-dealkylation sites (N-methyl/N-ethyl adjacent to an activating group) is 1. The van der Waals surface area contributed by atoms with Crippen LogP contribution in [0.2, 0.25) is 0 Å². The van der Waals surface area contributed by atoms with E-state index in [1.165, 1.54) is 0 Å². The van der Waals surface area contributed by atoms with Gasteiger partial charge in [-0.3, -0.25) is 0 Å². The van der Waals surface area contributed by atoms with Gasteiger partial charge < -0.3 is 15.4 Å². The van der Waals surface area contributed by atoms with E-state index < -0.39 is 0 Å². The summed E-state index contributed by atoms with van der Waals surface area (Å²) in [5, 5.41) is 0. The molecule has 0 aliphatic carbocycles. The molecule has 5 heteroatoms. The van der Waals surface area contributed by atoms with Crippen LogP contribution >= 0.6 is 24.8 Å². The van der Waals surface area contributed by atoms with Crippen LogP contribution in [-0.2, 0) is 4.74 Å². The third-order valence-corrected chi connectivity index (χ3v) is 1.60. The molecule has 1 aliphatic heterocycles. The number of hydrogen-bond acceptors (Lipinski definition) is 3. The van der Waals surface area contributed by atoms with Gasteiger partial charge in [0.15, 0.2) is 0 Å². The van der Waals surface area contributed by atoms with Gasteiger partial charge in [-0.15, -0.1) is 24.8 Å². The van der Waals surface area contributed by atoms with Crippen molar-refractivity contribution in [3.05, 3.63) is 0 Å². The Bertz CT molecular complexity index is 94.7. The van der Waals surface area contributed by atoms with Crippen LogP contribution in [0.5, 0.6) is 0 Å². The Hall–Kier alpha value is 0.460. The number of nitrogens with two attached hydrogens (primary N) is 1. The molecule has 1 heterocycles. The van der Waals surface area contributed by atoms with Crippen molar-refractivity contribution in [2.45, 2.75) is 6.10 Å². The Balaban J connectivity index is 0. The van der Waals surface area contributed by atoms with Crippen molar-refractivity contribution in [2.75, 3.05) is 33.3 Å². The fraction of sp³-hybridized carbons (Fsp3) is 1.00. The quantitative estimate of drug-likeness (QED) is 0.657. The van der Waals surface area contributed by atoms with E-state index in [1.54, 1.807) is 0 Å². The highest BCUT2D eigenvalue weighted by Gasteiger charge is 2.14. The summed E-state index contributed by atoms with van der Waals surface area (Å²) >= 11 is 0. The monoisotopic (exact) mass is 202 g/mol. The number of rotatable bonds is 1. The highest BCUT2D eigenvalue weighted by atomic mass is 35.5. The Kier molecular flexibility index (Phi) is 9.08. The van der Waals surface area contributed by atoms with E-state index >= 15 is 0 Å². The summed E-state index contributed by atoms with van der Waals surface area (Å²) < 4.78 is 5.33. The summed E-state index contributed by atoms with van der Waals surface area (Å²) in [6.45, 7) is 3.50. The molecule has 1 saturated heterocycles. The molecule has 1 atom stereocenters. The lowest BCUT2D eigenvalue weighted by Crippen LogP contribution is -2.43. The fourth-order valence-corrected chi connectivity index (χ4v) is 1.01. The first-order chi connectivity index (χ1) is 4.33. The highest BCUT2D eigenvalue weighted by Crippen LogP contribution is 1.99. The van der Waals surface area contributed by atoms with E-state index in [0.29, 0.717) is 6.54 Å². The molecule has 1 rings (SSSR count). The molecular weight excluding hydrogens is 187 g/mol. The Labute approximate surface area is 80.1 Å². The molecule has 0 spiro atoms. The number of ether oxygens (including phenoxy) is 1. The maximum Gasteiger partial charge on any atom is 0.0824 e. The molecule has 0 radical (unpaired) electrons. The van der Waals surface area contributed by atoms with Crippen molar-refractivity contribution in [3.63, 3.8) is 0 Å². The molecule has 0 aromatic heterocycles. The smallest absolute Gasteiger partial charge is 0.0824 e. The van der Waals surface area contributed by atoms with Gasteiger partial charge in [0.1, 0.15) is 0 Å². The Morgan fingerprint density at radius 3 is 2.55 bits per heavy atom. The zero-order valence-corrected chi connectivity index (χ0v) is 8.29. The van der Waals surface area contributed by atoms with Crippen molar-refractivity contribution in [3.8, 4) is 0 Å². The van der Waals surface area contributed by atoms with Gasteiger partial charge >= 0.3 is 0 Å². The van der Waals surface area contributed by atoms with E-state index in [-0.39, 0.29) is 30.9 Å². The summed E-state index contributed by atoms with van der Waals surface area (Å²) in [7, 11) is 2.09. The average Bonchev–Trinajstić information content (AvgIpc) is 1.88. The minimum absolute atomic E-state index is 0. The first-order valence-electron chi connectivity index (χ1n) is 3.33. The fourth-order valence-electron chi connectivity index (χ4n) is 1.01. The van der Waals surface area contributed by atoms with E-state index in [4.69, 9.17) is 10.5 Å². The summed E-state index contributed by atoms with van der Waals surface area (Å²) in [5.74, 6) is 0. The molecule has 70 valence electrons. The average molecular weight is 203 g/mol. The first kappa shape index (κ1) is 14.0. The minimum atomic E-state index is 0. The zero-order chi connectivity index (χ0) is 6.69. The largest absolute Gasteiger partial charge is 0.374 e. The van der Waals surface area contributed by atoms with Gasteiger partial charge in [-0.1, -0.05) is 0 Å². The zero-order valence-electron chi connectivity index (χ0n) is 6.66. The van der Waals surface area contributed by atoms with Crippen molar-refractivity contribution < 1.29 is 4.74 Å². The van der Waals surface area contributed by atoms with Crippen molar-refractivity contribution in [1.29, 1.82) is 0 Å². The van der Waals surface area contributed by atoms with Crippen molar-refractivity contribution in [1.82, 2.24) is 4.90 Å². The summed E-state index contributed by atoms with van der Waals surface area (Å²) in [6.07, 6.45) is 0.267. The molecular formula is C6H16Cl2N2O. The summed E-state index contributed by atoms with van der Waals surface area (Å²) in [4.78, 5) is 2.24. The summed E-state index contributed by atoms with van der Waals surface area (Å²) in [5.41, 5.74) is 5.41. The lowest BCUT2D eigenvalue weighted by molar-refractivity contribution is -0.0138. The molecule has 0 aromatic rings. The number of morpholine rings is 1. The molecule has 1 fully saturated rings. The molecule has 0 amide bonds. The van der Waals surface area contributed by atoms with Crippen LogP contribution in [-0.4, -0.2) is 44.3 Å². The standard InChI is InChI=1S/C6H14N2O.2ClH/c1-8-2-3-9-6(4-7)5-8;;/h6H,2-5,7H2,1H3;2*1H/t6-;;/m0../s1. The lowest BCUT2D eigenvalue weighted by atomic mass is 10.3. The van der Waals surface area contributed by atoms with Crippen LogP contribution in [0.25, 0.3) is 0 Å². The van der Waals surface area contributed by atoms with Gasteiger partial charge in [0.2, 0.25) is 0 Å². The second-order valence-electron chi connectivity index (χ2n) is 2.49. The normalized spacial score (nSPS) is 25.1. The third-order valence-electron chi connectivity index (χ3n) is 1.60. The van der Waals surface area contributed by atoms with Crippen molar-refractivity contribution in [2.24, 2.45) is 5.73 Å². The van der Waals surface area contributed by atoms with Gasteiger partial charge in [-0.25, -0.2) is 0 Å². The number of halogens is 2. The van der Waals surface area contributed by atoms with Crippen LogP contribution in [0, 0.1) is 0 Å². The van der Waals surface area contributed by atoms with E-state index in [9.17, 15) is 0 Å². The molecule has 0 saturated carbocycles. The predicted octanol–water partition coefficient (Wildman–Crippen LogP) is 0.119.